The third-order valence-electron chi connectivity index (χ3n) is 3.21. The second-order valence-electron chi connectivity index (χ2n) is 4.77. The first-order chi connectivity index (χ1) is 10.2. The van der Waals surface area contributed by atoms with Crippen LogP contribution in [0.1, 0.15) is 17.8 Å². The lowest BCUT2D eigenvalue weighted by Gasteiger charge is -2.05. The van der Waals surface area contributed by atoms with E-state index in [9.17, 15) is 10.1 Å². The van der Waals surface area contributed by atoms with Gasteiger partial charge in [-0.25, -0.2) is 0 Å². The minimum Gasteiger partial charge on any atom is -0.490 e. The van der Waals surface area contributed by atoms with E-state index in [4.69, 9.17) is 4.74 Å². The van der Waals surface area contributed by atoms with Gasteiger partial charge in [0.1, 0.15) is 5.01 Å². The molecule has 0 aliphatic heterocycles. The predicted molar refractivity (Wildman–Crippen MR) is 78.4 cm³/mol. The van der Waals surface area contributed by atoms with Crippen LogP contribution >= 0.6 is 11.3 Å². The molecule has 7 nitrogen and oxygen atoms in total. The summed E-state index contributed by atoms with van der Waals surface area (Å²) in [5.74, 6) is 0.223. The molecule has 0 amide bonds. The third kappa shape index (κ3) is 3.01. The van der Waals surface area contributed by atoms with Crippen LogP contribution in [0.3, 0.4) is 0 Å². The molecular weight excluding hydrogens is 292 g/mol. The summed E-state index contributed by atoms with van der Waals surface area (Å²) in [6, 6.07) is 5.40. The van der Waals surface area contributed by atoms with E-state index in [1.165, 1.54) is 37.4 Å². The van der Waals surface area contributed by atoms with Crippen molar-refractivity contribution in [2.75, 3.05) is 7.11 Å². The molecule has 1 aromatic carbocycles. The van der Waals surface area contributed by atoms with Crippen LogP contribution in [0, 0.1) is 10.1 Å². The molecule has 1 saturated carbocycles. The summed E-state index contributed by atoms with van der Waals surface area (Å²) in [6.45, 7) is 0.680. The number of nitro benzene ring substituents is 1. The van der Waals surface area contributed by atoms with Crippen molar-refractivity contribution in [3.8, 4) is 16.3 Å². The zero-order chi connectivity index (χ0) is 14.8. The largest absolute Gasteiger partial charge is 0.490 e. The van der Waals surface area contributed by atoms with E-state index in [0.29, 0.717) is 23.2 Å². The topological polar surface area (TPSA) is 90.2 Å². The molecule has 0 saturated heterocycles. The van der Waals surface area contributed by atoms with Gasteiger partial charge in [-0.15, -0.1) is 10.2 Å². The number of nitro groups is 1. The number of methoxy groups -OCH3 is 1. The van der Waals surface area contributed by atoms with Crippen molar-refractivity contribution in [3.63, 3.8) is 0 Å². The molecule has 1 aliphatic rings. The van der Waals surface area contributed by atoms with Crippen LogP contribution in [0.2, 0.25) is 0 Å². The van der Waals surface area contributed by atoms with Crippen LogP contribution < -0.4 is 10.1 Å². The van der Waals surface area contributed by atoms with Crippen molar-refractivity contribution in [2.24, 2.45) is 0 Å². The number of hydrogen-bond donors (Lipinski definition) is 1. The quantitative estimate of drug-likeness (QED) is 0.651. The molecule has 0 spiro atoms. The molecule has 1 fully saturated rings. The van der Waals surface area contributed by atoms with E-state index in [-0.39, 0.29) is 11.4 Å². The summed E-state index contributed by atoms with van der Waals surface area (Å²) >= 11 is 1.42. The molecule has 0 unspecified atom stereocenters. The fourth-order valence-electron chi connectivity index (χ4n) is 2.00. The standard InChI is InChI=1S/C13H14N4O3S/c1-20-12-9(3-2-4-10(12)17(18)19)13-16-15-11(21-13)7-14-8-5-6-8/h2-4,8,14H,5-7H2,1H3. The SMILES string of the molecule is COc1c(-c2nnc(CNC3CC3)s2)cccc1[N+](=O)[O-]. The van der Waals surface area contributed by atoms with E-state index in [2.05, 4.69) is 15.5 Å². The molecule has 1 N–H and O–H groups in total. The number of nitrogens with zero attached hydrogens (tertiary/aromatic N) is 3. The summed E-state index contributed by atoms with van der Waals surface area (Å²) in [5, 5.41) is 24.1. The van der Waals surface area contributed by atoms with Crippen molar-refractivity contribution in [1.82, 2.24) is 15.5 Å². The van der Waals surface area contributed by atoms with Gasteiger partial charge < -0.3 is 10.1 Å². The normalized spacial score (nSPS) is 14.1. The van der Waals surface area contributed by atoms with Gasteiger partial charge in [-0.05, 0) is 18.9 Å². The van der Waals surface area contributed by atoms with Crippen LogP contribution in [0.4, 0.5) is 5.69 Å². The molecule has 1 aliphatic carbocycles. The molecule has 21 heavy (non-hydrogen) atoms. The first kappa shape index (κ1) is 13.9. The van der Waals surface area contributed by atoms with Crippen molar-refractivity contribution in [1.29, 1.82) is 0 Å². The van der Waals surface area contributed by atoms with Crippen molar-refractivity contribution < 1.29 is 9.66 Å². The number of aromatic nitrogens is 2. The second kappa shape index (κ2) is 5.74. The number of rotatable bonds is 6. The first-order valence-corrected chi connectivity index (χ1v) is 7.38. The smallest absolute Gasteiger partial charge is 0.311 e. The molecule has 8 heteroatoms. The van der Waals surface area contributed by atoms with Crippen LogP contribution in [-0.4, -0.2) is 28.3 Å². The van der Waals surface area contributed by atoms with Gasteiger partial charge in [0.2, 0.25) is 5.75 Å². The van der Waals surface area contributed by atoms with Crippen molar-refractivity contribution in [3.05, 3.63) is 33.3 Å². The number of ether oxygens (including phenoxy) is 1. The third-order valence-corrected chi connectivity index (χ3v) is 4.17. The van der Waals surface area contributed by atoms with Gasteiger partial charge >= 0.3 is 5.69 Å². The molecule has 1 aromatic heterocycles. The highest BCUT2D eigenvalue weighted by atomic mass is 32.1. The van der Waals surface area contributed by atoms with Crippen LogP contribution in [0.5, 0.6) is 5.75 Å². The Labute approximate surface area is 125 Å². The van der Waals surface area contributed by atoms with Gasteiger partial charge in [-0.1, -0.05) is 17.4 Å². The van der Waals surface area contributed by atoms with Gasteiger partial charge in [0.05, 0.1) is 17.6 Å². The number of benzene rings is 1. The minimum absolute atomic E-state index is 0.0668. The first-order valence-electron chi connectivity index (χ1n) is 6.56. The zero-order valence-electron chi connectivity index (χ0n) is 11.4. The Morgan fingerprint density at radius 1 is 1.48 bits per heavy atom. The summed E-state index contributed by atoms with van der Waals surface area (Å²) in [5.41, 5.74) is 0.532. The lowest BCUT2D eigenvalue weighted by Crippen LogP contribution is -2.14. The van der Waals surface area contributed by atoms with E-state index >= 15 is 0 Å². The van der Waals surface area contributed by atoms with Crippen molar-refractivity contribution in [2.45, 2.75) is 25.4 Å². The van der Waals surface area contributed by atoms with Crippen molar-refractivity contribution >= 4 is 17.0 Å². The second-order valence-corrected chi connectivity index (χ2v) is 5.83. The molecule has 2 aromatic rings. The van der Waals surface area contributed by atoms with Crippen LogP contribution in [0.15, 0.2) is 18.2 Å². The summed E-state index contributed by atoms with van der Waals surface area (Å²) in [6.07, 6.45) is 2.43. The Balaban J connectivity index is 1.88. The molecule has 3 rings (SSSR count). The molecule has 0 bridgehead atoms. The van der Waals surface area contributed by atoms with E-state index in [0.717, 1.165) is 5.01 Å². The zero-order valence-corrected chi connectivity index (χ0v) is 12.2. The van der Waals surface area contributed by atoms with Gasteiger partial charge in [0.15, 0.2) is 5.01 Å². The Morgan fingerprint density at radius 2 is 2.29 bits per heavy atom. The summed E-state index contributed by atoms with van der Waals surface area (Å²) in [4.78, 5) is 10.6. The fourth-order valence-corrected chi connectivity index (χ4v) is 2.82. The molecule has 110 valence electrons. The Morgan fingerprint density at radius 3 is 2.95 bits per heavy atom. The molecule has 0 radical (unpaired) electrons. The minimum atomic E-state index is -0.459. The molecule has 0 atom stereocenters. The van der Waals surface area contributed by atoms with Crippen LogP contribution in [0.25, 0.3) is 10.6 Å². The number of para-hydroxylation sites is 1. The fraction of sp³-hybridized carbons (Fsp3) is 0.385. The average Bonchev–Trinajstić information content (AvgIpc) is 3.21. The van der Waals surface area contributed by atoms with Gasteiger partial charge in [0.25, 0.3) is 0 Å². The Kier molecular flexibility index (Phi) is 3.80. The average molecular weight is 306 g/mol. The van der Waals surface area contributed by atoms with E-state index < -0.39 is 4.92 Å². The Bertz CT molecular complexity index is 669. The Hall–Kier alpha value is -2.06. The maximum Gasteiger partial charge on any atom is 0.311 e. The number of hydrogen-bond acceptors (Lipinski definition) is 7. The number of nitrogens with one attached hydrogen (secondary N) is 1. The van der Waals surface area contributed by atoms with Crippen LogP contribution in [-0.2, 0) is 6.54 Å². The highest BCUT2D eigenvalue weighted by Crippen LogP contribution is 2.38. The highest BCUT2D eigenvalue weighted by molar-refractivity contribution is 7.14. The van der Waals surface area contributed by atoms with Gasteiger partial charge in [-0.3, -0.25) is 10.1 Å². The maximum absolute atomic E-state index is 11.0. The van der Waals surface area contributed by atoms with E-state index in [1.54, 1.807) is 12.1 Å². The maximum atomic E-state index is 11.0. The van der Waals surface area contributed by atoms with Gasteiger partial charge in [-0.2, -0.15) is 0 Å². The highest BCUT2D eigenvalue weighted by Gasteiger charge is 2.23. The summed E-state index contributed by atoms with van der Waals surface area (Å²) < 4.78 is 5.19. The molecular formula is C13H14N4O3S. The van der Waals surface area contributed by atoms with Gasteiger partial charge in [0, 0.05) is 18.7 Å². The monoisotopic (exact) mass is 306 g/mol. The predicted octanol–water partition coefficient (Wildman–Crippen LogP) is 2.37. The lowest BCUT2D eigenvalue weighted by molar-refractivity contribution is -0.385. The molecule has 1 heterocycles. The lowest BCUT2D eigenvalue weighted by atomic mass is 10.2. The summed E-state index contributed by atoms with van der Waals surface area (Å²) in [7, 11) is 1.42. The van der Waals surface area contributed by atoms with E-state index in [1.807, 2.05) is 0 Å².